The molecule has 182 valence electrons. The van der Waals surface area contributed by atoms with Crippen LogP contribution in [-0.2, 0) is 21.9 Å². The second-order valence-corrected chi connectivity index (χ2v) is 9.31. The number of pyridine rings is 1. The summed E-state index contributed by atoms with van der Waals surface area (Å²) < 4.78 is 36.6. The molecule has 1 amide bonds. The summed E-state index contributed by atoms with van der Waals surface area (Å²) in [5.41, 5.74) is 2.18. The van der Waals surface area contributed by atoms with Gasteiger partial charge in [-0.25, -0.2) is 33.3 Å². The molecule has 1 atom stereocenters. The van der Waals surface area contributed by atoms with Crippen molar-refractivity contribution in [1.29, 1.82) is 0 Å². The molecule has 0 radical (unpaired) electrons. The number of carbonyl (C=O) groups excluding carboxylic acids is 1. The summed E-state index contributed by atoms with van der Waals surface area (Å²) in [6.45, 7) is 3.13. The molecule has 2 aliphatic heterocycles. The van der Waals surface area contributed by atoms with E-state index in [2.05, 4.69) is 24.9 Å². The molecule has 1 unspecified atom stereocenters. The van der Waals surface area contributed by atoms with Gasteiger partial charge in [-0.1, -0.05) is 0 Å². The van der Waals surface area contributed by atoms with Gasteiger partial charge in [-0.15, -0.1) is 0 Å². The lowest BCUT2D eigenvalue weighted by atomic mass is 9.99. The molecule has 13 heteroatoms. The average molecular weight is 499 g/mol. The first-order valence-corrected chi connectivity index (χ1v) is 12.5. The number of carbonyl (C=O) groups is 1. The molecule has 1 saturated heterocycles. The zero-order valence-corrected chi connectivity index (χ0v) is 19.8. The van der Waals surface area contributed by atoms with E-state index in [4.69, 9.17) is 0 Å². The highest BCUT2D eigenvalue weighted by molar-refractivity contribution is 7.72. The lowest BCUT2D eigenvalue weighted by Crippen LogP contribution is -2.51. The second kappa shape index (κ2) is 9.58. The van der Waals surface area contributed by atoms with E-state index >= 15 is 0 Å². The molecule has 2 aliphatic rings. The summed E-state index contributed by atoms with van der Waals surface area (Å²) >= 11 is 0. The van der Waals surface area contributed by atoms with Crippen LogP contribution in [0.1, 0.15) is 24.2 Å². The van der Waals surface area contributed by atoms with E-state index in [1.165, 1.54) is 11.0 Å². The SMILES string of the molecule is CC1c2cnc(-c3ncccn3)nc2CCN1c1cc(N2CCN(C[SH](=O)=O)CC2=O)cc(F)n1. The van der Waals surface area contributed by atoms with E-state index in [0.29, 0.717) is 42.7 Å². The van der Waals surface area contributed by atoms with Crippen molar-refractivity contribution in [1.82, 2.24) is 29.8 Å². The first kappa shape index (κ1) is 23.2. The van der Waals surface area contributed by atoms with Gasteiger partial charge in [0.2, 0.25) is 11.9 Å². The average Bonchev–Trinajstić information content (AvgIpc) is 2.84. The summed E-state index contributed by atoms with van der Waals surface area (Å²) in [6, 6.07) is 4.47. The van der Waals surface area contributed by atoms with Gasteiger partial charge in [0.25, 0.3) is 0 Å². The molecule has 0 bridgehead atoms. The Hall–Kier alpha value is -3.58. The van der Waals surface area contributed by atoms with Crippen LogP contribution in [-0.4, -0.2) is 76.2 Å². The van der Waals surface area contributed by atoms with Gasteiger partial charge in [-0.05, 0) is 13.0 Å². The third-order valence-electron chi connectivity index (χ3n) is 6.16. The molecule has 35 heavy (non-hydrogen) atoms. The fourth-order valence-electron chi connectivity index (χ4n) is 4.45. The van der Waals surface area contributed by atoms with Gasteiger partial charge in [0.15, 0.2) is 22.4 Å². The van der Waals surface area contributed by atoms with E-state index < -0.39 is 16.7 Å². The van der Waals surface area contributed by atoms with Gasteiger partial charge in [0, 0.05) is 62.3 Å². The smallest absolute Gasteiger partial charge is 0.241 e. The number of hydrogen-bond donors (Lipinski definition) is 1. The molecule has 0 aromatic carbocycles. The number of fused-ring (bicyclic) bond motifs is 1. The Morgan fingerprint density at radius 2 is 1.86 bits per heavy atom. The Morgan fingerprint density at radius 1 is 1.06 bits per heavy atom. The fraction of sp³-hybridized carbons (Fsp3) is 0.364. The fourth-order valence-corrected chi connectivity index (χ4v) is 5.02. The van der Waals surface area contributed by atoms with Crippen molar-refractivity contribution in [2.75, 3.05) is 41.9 Å². The van der Waals surface area contributed by atoms with Crippen LogP contribution >= 0.6 is 0 Å². The quantitative estimate of drug-likeness (QED) is 0.399. The standard InChI is InChI=1S/C22H23FN8O3S/c1-14-16-11-26-22(21-24-4-2-5-25-21)27-17(16)3-6-30(14)19-10-15(9-18(23)28-19)31-8-7-29(12-20(31)32)13-35(33)34/h2,4-5,9-11,14,35H,3,6-8,12-13H2,1H3. The third kappa shape index (κ3) is 4.82. The maximum absolute atomic E-state index is 14.6. The molecule has 0 aliphatic carbocycles. The maximum atomic E-state index is 14.6. The Kier molecular flexibility index (Phi) is 6.34. The van der Waals surface area contributed by atoms with Crippen LogP contribution in [0.5, 0.6) is 0 Å². The number of nitrogens with zero attached hydrogens (tertiary/aromatic N) is 8. The van der Waals surface area contributed by atoms with Crippen molar-refractivity contribution >= 4 is 28.1 Å². The van der Waals surface area contributed by atoms with Gasteiger partial charge in [0.05, 0.1) is 29.8 Å². The molecular formula is C22H23FN8O3S. The second-order valence-electron chi connectivity index (χ2n) is 8.37. The van der Waals surface area contributed by atoms with Crippen molar-refractivity contribution in [3.05, 3.63) is 54.0 Å². The normalized spacial score (nSPS) is 18.7. The molecule has 3 aromatic heterocycles. The molecule has 5 rings (SSSR count). The van der Waals surface area contributed by atoms with Crippen molar-refractivity contribution < 1.29 is 17.6 Å². The van der Waals surface area contributed by atoms with Crippen LogP contribution in [0.2, 0.25) is 0 Å². The summed E-state index contributed by atoms with van der Waals surface area (Å²) in [5.74, 6) is 0.165. The van der Waals surface area contributed by atoms with Gasteiger partial charge < -0.3 is 9.80 Å². The number of thiol groups is 1. The highest BCUT2D eigenvalue weighted by atomic mass is 32.2. The predicted octanol–water partition coefficient (Wildman–Crippen LogP) is 0.809. The van der Waals surface area contributed by atoms with Gasteiger partial charge in [0.1, 0.15) is 5.82 Å². The summed E-state index contributed by atoms with van der Waals surface area (Å²) in [5, 5.41) is 0. The Bertz CT molecular complexity index is 1330. The zero-order chi connectivity index (χ0) is 24.5. The van der Waals surface area contributed by atoms with Crippen molar-refractivity contribution in [2.45, 2.75) is 19.4 Å². The number of rotatable bonds is 5. The first-order valence-electron chi connectivity index (χ1n) is 11.1. The van der Waals surface area contributed by atoms with Crippen LogP contribution in [0.15, 0.2) is 36.8 Å². The molecule has 11 nitrogen and oxygen atoms in total. The Balaban J connectivity index is 1.38. The minimum absolute atomic E-state index is 0.0408. The molecule has 0 saturated carbocycles. The van der Waals surface area contributed by atoms with Crippen molar-refractivity contribution in [3.63, 3.8) is 0 Å². The highest BCUT2D eigenvalue weighted by Crippen LogP contribution is 2.34. The number of hydrogen-bond acceptors (Lipinski definition) is 10. The topological polar surface area (TPSA) is 125 Å². The number of piperazine rings is 1. The van der Waals surface area contributed by atoms with E-state index in [9.17, 15) is 17.6 Å². The molecule has 1 fully saturated rings. The molecule has 0 N–H and O–H groups in total. The Morgan fingerprint density at radius 3 is 2.60 bits per heavy atom. The van der Waals surface area contributed by atoms with E-state index in [1.807, 2.05) is 11.8 Å². The van der Waals surface area contributed by atoms with Crippen LogP contribution in [0, 0.1) is 5.95 Å². The lowest BCUT2D eigenvalue weighted by molar-refractivity contribution is -0.120. The van der Waals surface area contributed by atoms with E-state index in [1.54, 1.807) is 35.6 Å². The summed E-state index contributed by atoms with van der Waals surface area (Å²) in [7, 11) is -2.61. The first-order chi connectivity index (χ1) is 16.9. The maximum Gasteiger partial charge on any atom is 0.241 e. The zero-order valence-electron chi connectivity index (χ0n) is 18.9. The van der Waals surface area contributed by atoms with Crippen LogP contribution in [0.4, 0.5) is 15.9 Å². The summed E-state index contributed by atoms with van der Waals surface area (Å²) in [4.78, 5) is 39.2. The van der Waals surface area contributed by atoms with Crippen molar-refractivity contribution in [3.8, 4) is 11.6 Å². The molecular weight excluding hydrogens is 475 g/mol. The Labute approximate surface area is 202 Å². The minimum atomic E-state index is -2.61. The summed E-state index contributed by atoms with van der Waals surface area (Å²) in [6.07, 6.45) is 5.62. The third-order valence-corrected chi connectivity index (χ3v) is 6.79. The highest BCUT2D eigenvalue weighted by Gasteiger charge is 2.30. The van der Waals surface area contributed by atoms with Crippen LogP contribution in [0.3, 0.4) is 0 Å². The number of aromatic nitrogens is 5. The van der Waals surface area contributed by atoms with Crippen LogP contribution in [0.25, 0.3) is 11.6 Å². The molecule has 0 spiro atoms. The number of amides is 1. The van der Waals surface area contributed by atoms with E-state index in [0.717, 1.165) is 11.3 Å². The van der Waals surface area contributed by atoms with E-state index in [-0.39, 0.29) is 30.9 Å². The number of halogens is 1. The van der Waals surface area contributed by atoms with Crippen molar-refractivity contribution in [2.24, 2.45) is 0 Å². The predicted molar refractivity (Wildman–Crippen MR) is 126 cm³/mol. The number of anilines is 2. The van der Waals surface area contributed by atoms with Gasteiger partial charge >= 0.3 is 0 Å². The minimum Gasteiger partial charge on any atom is -0.349 e. The van der Waals surface area contributed by atoms with Gasteiger partial charge in [-0.3, -0.25) is 9.69 Å². The molecule has 3 aromatic rings. The largest absolute Gasteiger partial charge is 0.349 e. The van der Waals surface area contributed by atoms with Crippen LogP contribution < -0.4 is 9.80 Å². The lowest BCUT2D eigenvalue weighted by Gasteiger charge is -2.37. The monoisotopic (exact) mass is 498 g/mol. The molecule has 5 heterocycles. The van der Waals surface area contributed by atoms with Gasteiger partial charge in [-0.2, -0.15) is 4.39 Å².